The zero-order valence-electron chi connectivity index (χ0n) is 33.2. The highest BCUT2D eigenvalue weighted by molar-refractivity contribution is 7.25. The predicted octanol–water partition coefficient (Wildman–Crippen LogP) is 16.7. The number of nitrogens with zero attached hydrogens (tertiary/aromatic N) is 2. The lowest BCUT2D eigenvalue weighted by atomic mass is 9.98. The molecular weight excluding hydrogens is 761 g/mol. The van der Waals surface area contributed by atoms with E-state index in [0.29, 0.717) is 6.54 Å². The fraction of sp³-hybridized carbons (Fsp3) is 0.0175. The molecule has 0 unspecified atom stereocenters. The molecule has 0 aliphatic rings. The monoisotopic (exact) mass is 798 g/mol. The molecule has 12 rings (SSSR count). The van der Waals surface area contributed by atoms with Crippen LogP contribution < -0.4 is 9.80 Å². The van der Waals surface area contributed by atoms with Crippen LogP contribution in [0.5, 0.6) is 0 Å². The molecule has 0 saturated heterocycles. The van der Waals surface area contributed by atoms with Crippen LogP contribution in [-0.2, 0) is 6.54 Å². The third-order valence-corrected chi connectivity index (χ3v) is 13.2. The van der Waals surface area contributed by atoms with Gasteiger partial charge in [0.2, 0.25) is 0 Å². The molecule has 12 aromatic rings. The van der Waals surface area contributed by atoms with Gasteiger partial charge >= 0.3 is 0 Å². The Balaban J connectivity index is 1.02. The predicted molar refractivity (Wildman–Crippen MR) is 260 cm³/mol. The summed E-state index contributed by atoms with van der Waals surface area (Å²) in [6.45, 7) is 0.690. The van der Waals surface area contributed by atoms with Crippen LogP contribution in [-0.4, -0.2) is 0 Å². The molecule has 0 amide bonds. The van der Waals surface area contributed by atoms with Crippen LogP contribution in [0.15, 0.2) is 223 Å². The second-order valence-electron chi connectivity index (χ2n) is 15.7. The van der Waals surface area contributed by atoms with Gasteiger partial charge in [-0.2, -0.15) is 0 Å². The standard InChI is InChI=1S/C57H38N2OS/c1-3-14-38(15-4-1)47-21-8-7-16-41(47)37-58(44-30-31-50-49-23-10-12-25-56(49)61-57(50)35-44)43-19-13-20-45(33-43)59(42-17-5-2-6-18-42)46-29-28-39-26-27-40-32-55-53(36-52(40)51(39)34-46)48-22-9-11-24-54(48)60-55/h1-36H,37H2. The second kappa shape index (κ2) is 14.6. The summed E-state index contributed by atoms with van der Waals surface area (Å²) in [5, 5.41) is 9.64. The molecule has 0 aliphatic carbocycles. The Kier molecular flexibility index (Phi) is 8.43. The van der Waals surface area contributed by atoms with Crippen LogP contribution in [0.1, 0.15) is 5.56 Å². The van der Waals surface area contributed by atoms with Crippen molar-refractivity contribution in [3.05, 3.63) is 224 Å². The third kappa shape index (κ3) is 6.19. The van der Waals surface area contributed by atoms with Gasteiger partial charge in [0.25, 0.3) is 0 Å². The van der Waals surface area contributed by atoms with Gasteiger partial charge in [-0.1, -0.05) is 140 Å². The number of anilines is 5. The zero-order valence-corrected chi connectivity index (χ0v) is 34.0. The second-order valence-corrected chi connectivity index (χ2v) is 16.8. The third-order valence-electron chi connectivity index (χ3n) is 12.1. The number of fused-ring (bicyclic) bond motifs is 9. The number of rotatable bonds is 8. The van der Waals surface area contributed by atoms with Gasteiger partial charge in [0.15, 0.2) is 0 Å². The van der Waals surface area contributed by atoms with Gasteiger partial charge < -0.3 is 14.2 Å². The first-order valence-corrected chi connectivity index (χ1v) is 21.6. The Morgan fingerprint density at radius 3 is 1.90 bits per heavy atom. The summed E-state index contributed by atoms with van der Waals surface area (Å²) in [6, 6.07) is 79.1. The van der Waals surface area contributed by atoms with Crippen LogP contribution in [0.3, 0.4) is 0 Å². The van der Waals surface area contributed by atoms with Crippen LogP contribution in [0.25, 0.3) is 74.8 Å². The van der Waals surface area contributed by atoms with Crippen molar-refractivity contribution < 1.29 is 4.42 Å². The summed E-state index contributed by atoms with van der Waals surface area (Å²) in [5.74, 6) is 0. The van der Waals surface area contributed by atoms with Crippen molar-refractivity contribution in [3.63, 3.8) is 0 Å². The molecule has 0 aliphatic heterocycles. The average Bonchev–Trinajstić information content (AvgIpc) is 3.88. The molecule has 0 atom stereocenters. The average molecular weight is 799 g/mol. The molecule has 10 aromatic carbocycles. The minimum atomic E-state index is 0.690. The maximum atomic E-state index is 6.30. The highest BCUT2D eigenvalue weighted by atomic mass is 32.1. The van der Waals surface area contributed by atoms with E-state index < -0.39 is 0 Å². The van der Waals surface area contributed by atoms with E-state index in [9.17, 15) is 0 Å². The van der Waals surface area contributed by atoms with E-state index in [-0.39, 0.29) is 0 Å². The summed E-state index contributed by atoms with van der Waals surface area (Å²) < 4.78 is 8.89. The van der Waals surface area contributed by atoms with Crippen LogP contribution >= 0.6 is 11.3 Å². The van der Waals surface area contributed by atoms with Gasteiger partial charge in [-0.25, -0.2) is 0 Å². The van der Waals surface area contributed by atoms with Crippen LogP contribution in [0.4, 0.5) is 28.4 Å². The molecule has 0 N–H and O–H groups in total. The van der Waals surface area contributed by atoms with Gasteiger partial charge in [-0.3, -0.25) is 0 Å². The zero-order chi connectivity index (χ0) is 40.3. The highest BCUT2D eigenvalue weighted by Crippen LogP contribution is 2.43. The topological polar surface area (TPSA) is 19.6 Å². The van der Waals surface area contributed by atoms with Crippen molar-refractivity contribution in [1.29, 1.82) is 0 Å². The molecule has 3 nitrogen and oxygen atoms in total. The van der Waals surface area contributed by atoms with E-state index in [2.05, 4.69) is 216 Å². The number of benzene rings is 10. The van der Waals surface area contributed by atoms with Crippen molar-refractivity contribution in [2.75, 3.05) is 9.80 Å². The molecule has 288 valence electrons. The molecule has 2 heterocycles. The Morgan fingerprint density at radius 2 is 1.00 bits per heavy atom. The lowest BCUT2D eigenvalue weighted by Gasteiger charge is -2.30. The van der Waals surface area contributed by atoms with E-state index >= 15 is 0 Å². The van der Waals surface area contributed by atoms with Crippen molar-refractivity contribution in [1.82, 2.24) is 0 Å². The number of furan rings is 1. The molecular formula is C57H38N2OS. The first kappa shape index (κ1) is 35.3. The Morgan fingerprint density at radius 1 is 0.361 bits per heavy atom. The molecule has 0 fully saturated rings. The van der Waals surface area contributed by atoms with Crippen molar-refractivity contribution in [2.45, 2.75) is 6.54 Å². The summed E-state index contributed by atoms with van der Waals surface area (Å²) in [4.78, 5) is 4.87. The van der Waals surface area contributed by atoms with Crippen molar-refractivity contribution in [3.8, 4) is 11.1 Å². The first-order chi connectivity index (χ1) is 30.2. The van der Waals surface area contributed by atoms with Crippen molar-refractivity contribution >= 4 is 103 Å². The lowest BCUT2D eigenvalue weighted by molar-refractivity contribution is 0.669. The number of para-hydroxylation sites is 2. The highest BCUT2D eigenvalue weighted by Gasteiger charge is 2.20. The largest absolute Gasteiger partial charge is 0.456 e. The van der Waals surface area contributed by atoms with Gasteiger partial charge in [0.1, 0.15) is 11.2 Å². The molecule has 0 saturated carbocycles. The molecule has 0 bridgehead atoms. The van der Waals surface area contributed by atoms with Crippen LogP contribution in [0.2, 0.25) is 0 Å². The summed E-state index contributed by atoms with van der Waals surface area (Å²) in [6.07, 6.45) is 0. The molecule has 4 heteroatoms. The molecule has 0 radical (unpaired) electrons. The fourth-order valence-electron chi connectivity index (χ4n) is 9.17. The quantitative estimate of drug-likeness (QED) is 0.143. The SMILES string of the molecule is c1ccc(-c2ccccc2CN(c2cccc(N(c3ccccc3)c3ccc4ccc5cc6oc7ccccc7c6cc5c4c3)c2)c2ccc3c(c2)sc2ccccc23)cc1. The van der Waals surface area contributed by atoms with E-state index in [1.807, 2.05) is 23.5 Å². The molecule has 2 aromatic heterocycles. The van der Waals surface area contributed by atoms with Crippen LogP contribution in [0, 0.1) is 0 Å². The number of thiophene rings is 1. The Hall–Kier alpha value is -7.66. The van der Waals surface area contributed by atoms with Gasteiger partial charge in [-0.05, 0) is 117 Å². The van der Waals surface area contributed by atoms with Gasteiger partial charge in [-0.15, -0.1) is 11.3 Å². The minimum absolute atomic E-state index is 0.690. The number of hydrogen-bond donors (Lipinski definition) is 0. The molecule has 61 heavy (non-hydrogen) atoms. The van der Waals surface area contributed by atoms with E-state index in [1.54, 1.807) is 0 Å². The Labute approximate surface area is 357 Å². The van der Waals surface area contributed by atoms with Crippen molar-refractivity contribution in [2.24, 2.45) is 0 Å². The first-order valence-electron chi connectivity index (χ1n) is 20.8. The van der Waals surface area contributed by atoms with E-state index in [4.69, 9.17) is 4.42 Å². The van der Waals surface area contributed by atoms with E-state index in [0.717, 1.165) is 55.8 Å². The maximum absolute atomic E-state index is 6.30. The summed E-state index contributed by atoms with van der Waals surface area (Å²) >= 11 is 1.86. The summed E-state index contributed by atoms with van der Waals surface area (Å²) in [7, 11) is 0. The number of hydrogen-bond acceptors (Lipinski definition) is 4. The smallest absolute Gasteiger partial charge is 0.136 e. The summed E-state index contributed by atoms with van der Waals surface area (Å²) in [5.41, 5.74) is 11.1. The maximum Gasteiger partial charge on any atom is 0.136 e. The normalized spacial score (nSPS) is 11.7. The minimum Gasteiger partial charge on any atom is -0.456 e. The van der Waals surface area contributed by atoms with Gasteiger partial charge in [0.05, 0.1) is 0 Å². The molecule has 0 spiro atoms. The van der Waals surface area contributed by atoms with E-state index in [1.165, 1.54) is 53.0 Å². The lowest BCUT2D eigenvalue weighted by Crippen LogP contribution is -2.18. The Bertz CT molecular complexity index is 3590. The van der Waals surface area contributed by atoms with Gasteiger partial charge in [0, 0.05) is 65.9 Å². The fourth-order valence-corrected chi connectivity index (χ4v) is 10.3.